The van der Waals surface area contributed by atoms with E-state index in [1.165, 1.54) is 0 Å². The third kappa shape index (κ3) is 3.83. The molecule has 0 aliphatic heterocycles. The molecule has 110 valence electrons. The van der Waals surface area contributed by atoms with Crippen LogP contribution in [0.5, 0.6) is 5.75 Å². The van der Waals surface area contributed by atoms with Gasteiger partial charge in [0.1, 0.15) is 12.4 Å². The fraction of sp³-hybridized carbons (Fsp3) is 0.235. The molecule has 0 fully saturated rings. The second kappa shape index (κ2) is 6.41. The molecule has 4 nitrogen and oxygen atoms in total. The van der Waals surface area contributed by atoms with Crippen molar-refractivity contribution in [1.82, 2.24) is 0 Å². The Balaban J connectivity index is 2.12. The third-order valence-corrected chi connectivity index (χ3v) is 3.25. The molecule has 0 spiro atoms. The summed E-state index contributed by atoms with van der Waals surface area (Å²) in [7, 11) is 0. The van der Waals surface area contributed by atoms with Crippen molar-refractivity contribution in [1.29, 1.82) is 0 Å². The van der Waals surface area contributed by atoms with E-state index in [4.69, 9.17) is 15.6 Å². The van der Waals surface area contributed by atoms with Crippen LogP contribution < -0.4 is 10.5 Å². The van der Waals surface area contributed by atoms with Crippen molar-refractivity contribution in [3.8, 4) is 5.75 Å². The van der Waals surface area contributed by atoms with Crippen LogP contribution in [0, 0.1) is 6.92 Å². The molecule has 0 aliphatic rings. The summed E-state index contributed by atoms with van der Waals surface area (Å²) in [6, 6.07) is 12.5. The van der Waals surface area contributed by atoms with Gasteiger partial charge in [-0.2, -0.15) is 0 Å². The highest BCUT2D eigenvalue weighted by atomic mass is 16.5. The zero-order valence-electron chi connectivity index (χ0n) is 12.2. The van der Waals surface area contributed by atoms with E-state index in [0.717, 1.165) is 22.4 Å². The molecular weight excluding hydrogens is 266 g/mol. The molecule has 0 aromatic heterocycles. The predicted molar refractivity (Wildman–Crippen MR) is 81.5 cm³/mol. The molecule has 0 saturated heterocycles. The van der Waals surface area contributed by atoms with E-state index in [-0.39, 0.29) is 11.6 Å². The Labute approximate surface area is 124 Å². The molecule has 0 unspecified atom stereocenters. The molecule has 3 N–H and O–H groups in total. The summed E-state index contributed by atoms with van der Waals surface area (Å²) in [4.78, 5) is 10.8. The molecule has 0 radical (unpaired) electrons. The summed E-state index contributed by atoms with van der Waals surface area (Å²) in [5.41, 5.74) is 9.19. The van der Waals surface area contributed by atoms with Crippen LogP contribution in [0.2, 0.25) is 0 Å². The molecule has 4 heteroatoms. The standard InChI is InChI=1S/C17H19NO3/c1-11-3-8-15(12(2)18)16(9-11)21-10-13-4-6-14(7-5-13)17(19)20/h3-9,12H,10,18H2,1-2H3,(H,19,20)/t12-/m1/s1. The van der Waals surface area contributed by atoms with Gasteiger partial charge in [0.25, 0.3) is 0 Å². The lowest BCUT2D eigenvalue weighted by molar-refractivity contribution is 0.0697. The zero-order valence-corrected chi connectivity index (χ0v) is 12.2. The van der Waals surface area contributed by atoms with E-state index in [1.54, 1.807) is 24.3 Å². The van der Waals surface area contributed by atoms with Crippen molar-refractivity contribution >= 4 is 5.97 Å². The van der Waals surface area contributed by atoms with Gasteiger partial charge < -0.3 is 15.6 Å². The second-order valence-corrected chi connectivity index (χ2v) is 5.12. The molecule has 0 saturated carbocycles. The first-order valence-corrected chi connectivity index (χ1v) is 6.78. The normalized spacial score (nSPS) is 12.0. The van der Waals surface area contributed by atoms with E-state index < -0.39 is 5.97 Å². The van der Waals surface area contributed by atoms with Gasteiger partial charge in [-0.1, -0.05) is 24.3 Å². The number of aromatic carboxylic acids is 1. The second-order valence-electron chi connectivity index (χ2n) is 5.12. The lowest BCUT2D eigenvalue weighted by Crippen LogP contribution is -2.08. The maximum absolute atomic E-state index is 10.8. The van der Waals surface area contributed by atoms with Crippen molar-refractivity contribution in [2.75, 3.05) is 0 Å². The van der Waals surface area contributed by atoms with E-state index >= 15 is 0 Å². The average molecular weight is 285 g/mol. The number of carbonyl (C=O) groups is 1. The minimum Gasteiger partial charge on any atom is -0.489 e. The largest absolute Gasteiger partial charge is 0.489 e. The molecule has 21 heavy (non-hydrogen) atoms. The Hall–Kier alpha value is -2.33. The fourth-order valence-corrected chi connectivity index (χ4v) is 2.05. The van der Waals surface area contributed by atoms with E-state index in [1.807, 2.05) is 32.0 Å². The molecule has 2 aromatic carbocycles. The van der Waals surface area contributed by atoms with Gasteiger partial charge in [-0.15, -0.1) is 0 Å². The summed E-state index contributed by atoms with van der Waals surface area (Å²) in [5.74, 6) is -0.160. The monoisotopic (exact) mass is 285 g/mol. The summed E-state index contributed by atoms with van der Waals surface area (Å²) in [6.45, 7) is 4.29. The molecule has 1 atom stereocenters. The first-order valence-electron chi connectivity index (χ1n) is 6.78. The smallest absolute Gasteiger partial charge is 0.335 e. The minimum absolute atomic E-state index is 0.102. The Morgan fingerprint density at radius 1 is 1.24 bits per heavy atom. The Morgan fingerprint density at radius 3 is 2.48 bits per heavy atom. The molecule has 0 amide bonds. The van der Waals surface area contributed by atoms with Crippen LogP contribution in [0.3, 0.4) is 0 Å². The van der Waals surface area contributed by atoms with Crippen LogP contribution in [0.15, 0.2) is 42.5 Å². The van der Waals surface area contributed by atoms with Gasteiger partial charge in [0.2, 0.25) is 0 Å². The van der Waals surface area contributed by atoms with Gasteiger partial charge in [-0.3, -0.25) is 0 Å². The van der Waals surface area contributed by atoms with Gasteiger partial charge in [0.05, 0.1) is 5.56 Å². The number of rotatable bonds is 5. The maximum atomic E-state index is 10.8. The summed E-state index contributed by atoms with van der Waals surface area (Å²) >= 11 is 0. The number of hydrogen-bond donors (Lipinski definition) is 2. The SMILES string of the molecule is Cc1ccc([C@@H](C)N)c(OCc2ccc(C(=O)O)cc2)c1. The van der Waals surface area contributed by atoms with Crippen LogP contribution in [0.1, 0.15) is 40.0 Å². The quantitative estimate of drug-likeness (QED) is 0.884. The Morgan fingerprint density at radius 2 is 1.90 bits per heavy atom. The average Bonchev–Trinajstić information content (AvgIpc) is 2.45. The van der Waals surface area contributed by atoms with Crippen LogP contribution in [0.4, 0.5) is 0 Å². The van der Waals surface area contributed by atoms with E-state index in [2.05, 4.69) is 0 Å². The van der Waals surface area contributed by atoms with Crippen LogP contribution in [0.25, 0.3) is 0 Å². The van der Waals surface area contributed by atoms with Crippen LogP contribution in [-0.2, 0) is 6.61 Å². The fourth-order valence-electron chi connectivity index (χ4n) is 2.05. The number of nitrogens with two attached hydrogens (primary N) is 1. The Bertz CT molecular complexity index is 633. The van der Waals surface area contributed by atoms with Crippen molar-refractivity contribution < 1.29 is 14.6 Å². The highest BCUT2D eigenvalue weighted by Crippen LogP contribution is 2.26. The summed E-state index contributed by atoms with van der Waals surface area (Å²) in [5, 5.41) is 8.87. The van der Waals surface area contributed by atoms with Crippen LogP contribution in [-0.4, -0.2) is 11.1 Å². The van der Waals surface area contributed by atoms with E-state index in [9.17, 15) is 4.79 Å². The minimum atomic E-state index is -0.930. The van der Waals surface area contributed by atoms with E-state index in [0.29, 0.717) is 6.61 Å². The van der Waals surface area contributed by atoms with Crippen molar-refractivity contribution in [2.45, 2.75) is 26.5 Å². The molecule has 2 aromatic rings. The van der Waals surface area contributed by atoms with Crippen molar-refractivity contribution in [2.24, 2.45) is 5.73 Å². The Kier molecular flexibility index (Phi) is 4.60. The number of aryl methyl sites for hydroxylation is 1. The van der Waals surface area contributed by atoms with Crippen LogP contribution >= 0.6 is 0 Å². The first kappa shape index (κ1) is 15.1. The summed E-state index contributed by atoms with van der Waals surface area (Å²) < 4.78 is 5.84. The number of ether oxygens (including phenoxy) is 1. The maximum Gasteiger partial charge on any atom is 0.335 e. The van der Waals surface area contributed by atoms with Gasteiger partial charge in [-0.05, 0) is 43.2 Å². The van der Waals surface area contributed by atoms with Gasteiger partial charge in [0, 0.05) is 11.6 Å². The van der Waals surface area contributed by atoms with Gasteiger partial charge >= 0.3 is 5.97 Å². The van der Waals surface area contributed by atoms with Crippen molar-refractivity contribution in [3.63, 3.8) is 0 Å². The molecule has 0 aliphatic carbocycles. The highest BCUT2D eigenvalue weighted by Gasteiger charge is 2.09. The lowest BCUT2D eigenvalue weighted by atomic mass is 10.1. The first-order chi connectivity index (χ1) is 9.97. The molecule has 2 rings (SSSR count). The van der Waals surface area contributed by atoms with Crippen molar-refractivity contribution in [3.05, 3.63) is 64.7 Å². The predicted octanol–water partition coefficient (Wildman–Crippen LogP) is 3.29. The van der Waals surface area contributed by atoms with Gasteiger partial charge in [0.15, 0.2) is 0 Å². The number of carboxylic acid groups (broad SMARTS) is 1. The van der Waals surface area contributed by atoms with Gasteiger partial charge in [-0.25, -0.2) is 4.79 Å². The summed E-state index contributed by atoms with van der Waals surface area (Å²) in [6.07, 6.45) is 0. The topological polar surface area (TPSA) is 72.5 Å². The number of benzene rings is 2. The molecular formula is C17H19NO3. The lowest BCUT2D eigenvalue weighted by Gasteiger charge is -2.15. The highest BCUT2D eigenvalue weighted by molar-refractivity contribution is 5.87. The third-order valence-electron chi connectivity index (χ3n) is 3.25. The number of hydrogen-bond acceptors (Lipinski definition) is 3. The zero-order chi connectivity index (χ0) is 15.4. The molecule has 0 heterocycles. The molecule has 0 bridgehead atoms. The number of carboxylic acids is 1.